The largest absolute Gasteiger partial charge is 0.381 e. The average Bonchev–Trinajstić information content (AvgIpc) is 3.24. The molecule has 3 aromatic rings. The van der Waals surface area contributed by atoms with E-state index >= 15 is 0 Å². The molecule has 1 aliphatic heterocycles. The number of benzene rings is 2. The molecule has 2 N–H and O–H groups in total. The summed E-state index contributed by atoms with van der Waals surface area (Å²) in [5.74, 6) is -0.266. The summed E-state index contributed by atoms with van der Waals surface area (Å²) in [4.78, 5) is 18.6. The van der Waals surface area contributed by atoms with Crippen molar-refractivity contribution in [1.82, 2.24) is 9.55 Å². The molecule has 0 radical (unpaired) electrons. The van der Waals surface area contributed by atoms with E-state index in [4.69, 9.17) is 10.5 Å². The SMILES string of the molecule is NC(=O)C1(c2cccc(Sc3ccc(-n4ccnc4)cc3)c2)CCOCC1. The molecule has 1 saturated heterocycles. The first-order chi connectivity index (χ1) is 13.2. The molecule has 0 atom stereocenters. The van der Waals surface area contributed by atoms with Crippen molar-refractivity contribution in [2.75, 3.05) is 13.2 Å². The van der Waals surface area contributed by atoms with Gasteiger partial charge in [0, 0.05) is 41.1 Å². The third-order valence-electron chi connectivity index (χ3n) is 5.08. The Morgan fingerprint density at radius 1 is 1.11 bits per heavy atom. The van der Waals surface area contributed by atoms with E-state index in [0.717, 1.165) is 21.0 Å². The molecular weight excluding hydrogens is 358 g/mol. The first-order valence-electron chi connectivity index (χ1n) is 8.92. The van der Waals surface area contributed by atoms with E-state index in [1.54, 1.807) is 24.3 Å². The van der Waals surface area contributed by atoms with E-state index in [9.17, 15) is 4.79 Å². The van der Waals surface area contributed by atoms with E-state index in [1.807, 2.05) is 22.9 Å². The summed E-state index contributed by atoms with van der Waals surface area (Å²) in [6.45, 7) is 1.13. The first kappa shape index (κ1) is 17.8. The zero-order valence-electron chi connectivity index (χ0n) is 14.9. The Bertz CT molecular complexity index is 917. The van der Waals surface area contributed by atoms with Crippen LogP contribution < -0.4 is 5.73 Å². The van der Waals surface area contributed by atoms with Gasteiger partial charge >= 0.3 is 0 Å². The first-order valence-corrected chi connectivity index (χ1v) is 9.73. The predicted octanol–water partition coefficient (Wildman–Crippen LogP) is 3.56. The van der Waals surface area contributed by atoms with E-state index in [2.05, 4.69) is 41.4 Å². The van der Waals surface area contributed by atoms with Crippen LogP contribution in [0.2, 0.25) is 0 Å². The molecule has 0 saturated carbocycles. The van der Waals surface area contributed by atoms with Crippen LogP contribution in [-0.2, 0) is 14.9 Å². The van der Waals surface area contributed by atoms with Gasteiger partial charge in [-0.05, 0) is 54.8 Å². The highest BCUT2D eigenvalue weighted by Crippen LogP contribution is 2.37. The van der Waals surface area contributed by atoms with Crippen molar-refractivity contribution in [3.8, 4) is 5.69 Å². The van der Waals surface area contributed by atoms with Crippen LogP contribution in [0.15, 0.2) is 77.0 Å². The highest BCUT2D eigenvalue weighted by atomic mass is 32.2. The molecule has 1 amide bonds. The normalized spacial score (nSPS) is 16.1. The smallest absolute Gasteiger partial charge is 0.228 e. The van der Waals surface area contributed by atoms with E-state index in [0.29, 0.717) is 26.1 Å². The number of primary amides is 1. The third-order valence-corrected chi connectivity index (χ3v) is 6.08. The second-order valence-corrected chi connectivity index (χ2v) is 7.80. The molecule has 2 aromatic carbocycles. The Balaban J connectivity index is 1.56. The Morgan fingerprint density at radius 3 is 2.56 bits per heavy atom. The van der Waals surface area contributed by atoms with E-state index < -0.39 is 5.41 Å². The Kier molecular flexibility index (Phi) is 5.01. The maximum atomic E-state index is 12.2. The highest BCUT2D eigenvalue weighted by molar-refractivity contribution is 7.99. The summed E-state index contributed by atoms with van der Waals surface area (Å²) in [6.07, 6.45) is 6.73. The fourth-order valence-corrected chi connectivity index (χ4v) is 4.37. The van der Waals surface area contributed by atoms with Gasteiger partial charge in [-0.15, -0.1) is 0 Å². The van der Waals surface area contributed by atoms with Crippen LogP contribution in [0.25, 0.3) is 5.69 Å². The highest BCUT2D eigenvalue weighted by Gasteiger charge is 2.40. The van der Waals surface area contributed by atoms with Crippen LogP contribution in [0, 0.1) is 0 Å². The lowest BCUT2D eigenvalue weighted by molar-refractivity contribution is -0.127. The molecule has 2 heterocycles. The molecule has 4 rings (SSSR count). The minimum absolute atomic E-state index is 0.266. The fraction of sp³-hybridized carbons (Fsp3) is 0.238. The van der Waals surface area contributed by atoms with Gasteiger partial charge in [0.25, 0.3) is 0 Å². The molecule has 0 aliphatic carbocycles. The summed E-state index contributed by atoms with van der Waals surface area (Å²) in [5.41, 5.74) is 7.22. The minimum atomic E-state index is -0.625. The number of carbonyl (C=O) groups is 1. The number of imidazole rings is 1. The zero-order chi connectivity index (χ0) is 18.7. The van der Waals surface area contributed by atoms with Gasteiger partial charge in [0.2, 0.25) is 5.91 Å². The van der Waals surface area contributed by atoms with Gasteiger partial charge in [-0.25, -0.2) is 4.98 Å². The third kappa shape index (κ3) is 3.63. The molecule has 27 heavy (non-hydrogen) atoms. The van der Waals surface area contributed by atoms with Crippen molar-refractivity contribution >= 4 is 17.7 Å². The number of ether oxygens (including phenoxy) is 1. The maximum absolute atomic E-state index is 12.2. The average molecular weight is 379 g/mol. The van der Waals surface area contributed by atoms with Crippen molar-refractivity contribution in [1.29, 1.82) is 0 Å². The maximum Gasteiger partial charge on any atom is 0.228 e. The number of rotatable bonds is 5. The van der Waals surface area contributed by atoms with Crippen LogP contribution >= 0.6 is 11.8 Å². The van der Waals surface area contributed by atoms with Gasteiger partial charge in [0.05, 0.1) is 11.7 Å². The van der Waals surface area contributed by atoms with Gasteiger partial charge < -0.3 is 15.0 Å². The van der Waals surface area contributed by atoms with Gasteiger partial charge in [0.15, 0.2) is 0 Å². The molecular formula is C21H21N3O2S. The second-order valence-electron chi connectivity index (χ2n) is 6.65. The van der Waals surface area contributed by atoms with Crippen LogP contribution in [0.3, 0.4) is 0 Å². The van der Waals surface area contributed by atoms with Crippen molar-refractivity contribution in [3.05, 3.63) is 72.8 Å². The molecule has 1 fully saturated rings. The summed E-state index contributed by atoms with van der Waals surface area (Å²) in [5, 5.41) is 0. The monoisotopic (exact) mass is 379 g/mol. The number of hydrogen-bond acceptors (Lipinski definition) is 4. The van der Waals surface area contributed by atoms with Gasteiger partial charge in [-0.1, -0.05) is 23.9 Å². The van der Waals surface area contributed by atoms with E-state index in [-0.39, 0.29) is 5.91 Å². The topological polar surface area (TPSA) is 70.1 Å². The van der Waals surface area contributed by atoms with Crippen LogP contribution in [0.1, 0.15) is 18.4 Å². The van der Waals surface area contributed by atoms with Crippen molar-refractivity contribution < 1.29 is 9.53 Å². The van der Waals surface area contributed by atoms with Gasteiger partial charge in [0.1, 0.15) is 0 Å². The number of nitrogens with zero attached hydrogens (tertiary/aromatic N) is 2. The summed E-state index contributed by atoms with van der Waals surface area (Å²) in [6, 6.07) is 16.5. The standard InChI is InChI=1S/C21H21N3O2S/c22-20(25)21(8-12-26-13-9-21)16-2-1-3-19(14-16)27-18-6-4-17(5-7-18)24-11-10-23-15-24/h1-7,10-11,14-15H,8-9,12-13H2,(H2,22,25). The number of amides is 1. The van der Waals surface area contributed by atoms with Crippen molar-refractivity contribution in [2.45, 2.75) is 28.0 Å². The molecule has 0 unspecified atom stereocenters. The number of nitrogens with two attached hydrogens (primary N) is 1. The summed E-state index contributed by atoms with van der Waals surface area (Å²) >= 11 is 1.67. The Hall–Kier alpha value is -2.57. The summed E-state index contributed by atoms with van der Waals surface area (Å²) < 4.78 is 7.41. The van der Waals surface area contributed by atoms with Gasteiger partial charge in [-0.3, -0.25) is 4.79 Å². The molecule has 1 aromatic heterocycles. The molecule has 0 spiro atoms. The van der Waals surface area contributed by atoms with Gasteiger partial charge in [-0.2, -0.15) is 0 Å². The molecule has 0 bridgehead atoms. The molecule has 1 aliphatic rings. The fourth-order valence-electron chi connectivity index (χ4n) is 3.49. The van der Waals surface area contributed by atoms with Crippen molar-refractivity contribution in [3.63, 3.8) is 0 Å². The lowest BCUT2D eigenvalue weighted by Crippen LogP contribution is -2.45. The Morgan fingerprint density at radius 2 is 1.89 bits per heavy atom. The van der Waals surface area contributed by atoms with Crippen molar-refractivity contribution in [2.24, 2.45) is 5.73 Å². The van der Waals surface area contributed by atoms with Crippen LogP contribution in [0.5, 0.6) is 0 Å². The second kappa shape index (κ2) is 7.58. The quantitative estimate of drug-likeness (QED) is 0.736. The number of aromatic nitrogens is 2. The van der Waals surface area contributed by atoms with Crippen LogP contribution in [0.4, 0.5) is 0 Å². The molecule has 6 heteroatoms. The zero-order valence-corrected chi connectivity index (χ0v) is 15.7. The molecule has 138 valence electrons. The summed E-state index contributed by atoms with van der Waals surface area (Å²) in [7, 11) is 0. The predicted molar refractivity (Wildman–Crippen MR) is 105 cm³/mol. The lowest BCUT2D eigenvalue weighted by atomic mass is 9.73. The minimum Gasteiger partial charge on any atom is -0.381 e. The Labute approximate surface area is 162 Å². The lowest BCUT2D eigenvalue weighted by Gasteiger charge is -2.34. The number of hydrogen-bond donors (Lipinski definition) is 1. The molecule has 5 nitrogen and oxygen atoms in total. The van der Waals surface area contributed by atoms with Crippen LogP contribution in [-0.4, -0.2) is 28.7 Å². The number of carbonyl (C=O) groups excluding carboxylic acids is 1. The van der Waals surface area contributed by atoms with E-state index in [1.165, 1.54) is 0 Å².